The average Bonchev–Trinajstić information content (AvgIpc) is 2.63. The van der Waals surface area contributed by atoms with Crippen molar-refractivity contribution in [1.82, 2.24) is 10.3 Å². The van der Waals surface area contributed by atoms with Crippen LogP contribution in [0.4, 0.5) is 5.69 Å². The predicted octanol–water partition coefficient (Wildman–Crippen LogP) is 3.11. The van der Waals surface area contributed by atoms with Crippen molar-refractivity contribution in [2.45, 2.75) is 20.3 Å². The molecule has 0 aliphatic rings. The van der Waals surface area contributed by atoms with E-state index in [9.17, 15) is 0 Å². The van der Waals surface area contributed by atoms with E-state index >= 15 is 0 Å². The van der Waals surface area contributed by atoms with Gasteiger partial charge >= 0.3 is 0 Å². The van der Waals surface area contributed by atoms with Crippen molar-refractivity contribution in [2.75, 3.05) is 32.1 Å². The van der Waals surface area contributed by atoms with Crippen LogP contribution in [0.5, 0.6) is 11.5 Å². The Morgan fingerprint density at radius 2 is 2.04 bits per heavy atom. The number of pyridine rings is 1. The van der Waals surface area contributed by atoms with E-state index in [4.69, 9.17) is 9.47 Å². The zero-order valence-corrected chi connectivity index (χ0v) is 15.1. The molecular formula is C19H26N4O2. The third-order valence-electron chi connectivity index (χ3n) is 3.43. The SMILES string of the molecule is CCNC(=NCCc1ccccn1)Nc1ccc(OC)c(OCC)c1. The van der Waals surface area contributed by atoms with Crippen LogP contribution in [-0.2, 0) is 6.42 Å². The Hall–Kier alpha value is -2.76. The molecule has 0 amide bonds. The van der Waals surface area contributed by atoms with E-state index in [-0.39, 0.29) is 0 Å². The first-order chi connectivity index (χ1) is 12.3. The van der Waals surface area contributed by atoms with Crippen LogP contribution < -0.4 is 20.1 Å². The quantitative estimate of drug-likeness (QED) is 0.570. The van der Waals surface area contributed by atoms with E-state index in [0.717, 1.165) is 30.3 Å². The number of methoxy groups -OCH3 is 1. The Balaban J connectivity index is 2.04. The molecule has 0 fully saturated rings. The van der Waals surface area contributed by atoms with E-state index in [1.54, 1.807) is 13.3 Å². The standard InChI is InChI=1S/C19H26N4O2/c1-4-20-19(22-13-11-15-8-6-7-12-21-15)23-16-9-10-17(24-3)18(14-16)25-5-2/h6-10,12,14H,4-5,11,13H2,1-3H3,(H2,20,22,23). The molecule has 0 unspecified atom stereocenters. The summed E-state index contributed by atoms with van der Waals surface area (Å²) in [6.07, 6.45) is 2.60. The number of aromatic nitrogens is 1. The molecule has 0 radical (unpaired) electrons. The molecule has 6 nitrogen and oxygen atoms in total. The number of guanidine groups is 1. The Labute approximate surface area is 149 Å². The summed E-state index contributed by atoms with van der Waals surface area (Å²) in [5, 5.41) is 6.54. The van der Waals surface area contributed by atoms with Crippen LogP contribution in [0.3, 0.4) is 0 Å². The maximum Gasteiger partial charge on any atom is 0.195 e. The second-order valence-corrected chi connectivity index (χ2v) is 5.26. The van der Waals surface area contributed by atoms with Crippen molar-refractivity contribution in [3.63, 3.8) is 0 Å². The normalized spacial score (nSPS) is 11.1. The van der Waals surface area contributed by atoms with E-state index in [2.05, 4.69) is 20.6 Å². The fraction of sp³-hybridized carbons (Fsp3) is 0.368. The number of nitrogens with zero attached hydrogens (tertiary/aromatic N) is 2. The van der Waals surface area contributed by atoms with E-state index in [1.807, 2.05) is 50.2 Å². The summed E-state index contributed by atoms with van der Waals surface area (Å²) >= 11 is 0. The molecule has 2 rings (SSSR count). The Morgan fingerprint density at radius 3 is 2.72 bits per heavy atom. The highest BCUT2D eigenvalue weighted by Gasteiger charge is 2.07. The van der Waals surface area contributed by atoms with Crippen LogP contribution in [0, 0.1) is 0 Å². The maximum atomic E-state index is 5.62. The summed E-state index contributed by atoms with van der Waals surface area (Å²) in [6, 6.07) is 11.6. The number of anilines is 1. The number of ether oxygens (including phenoxy) is 2. The first kappa shape index (κ1) is 18.6. The van der Waals surface area contributed by atoms with Gasteiger partial charge in [-0.3, -0.25) is 9.98 Å². The molecule has 0 saturated heterocycles. The predicted molar refractivity (Wildman–Crippen MR) is 102 cm³/mol. The molecule has 0 bridgehead atoms. The minimum absolute atomic E-state index is 0.581. The van der Waals surface area contributed by atoms with Crippen LogP contribution >= 0.6 is 0 Å². The van der Waals surface area contributed by atoms with Gasteiger partial charge in [0.05, 0.1) is 13.7 Å². The van der Waals surface area contributed by atoms with Gasteiger partial charge in [-0.25, -0.2) is 0 Å². The Morgan fingerprint density at radius 1 is 1.16 bits per heavy atom. The molecular weight excluding hydrogens is 316 g/mol. The fourth-order valence-corrected chi connectivity index (χ4v) is 2.29. The number of hydrogen-bond donors (Lipinski definition) is 2. The lowest BCUT2D eigenvalue weighted by molar-refractivity contribution is 0.311. The van der Waals surface area contributed by atoms with Gasteiger partial charge in [0, 0.05) is 43.2 Å². The molecule has 2 N–H and O–H groups in total. The molecule has 0 saturated carbocycles. The maximum absolute atomic E-state index is 5.62. The second kappa shape index (κ2) is 10.2. The zero-order chi connectivity index (χ0) is 17.9. The number of nitrogens with one attached hydrogen (secondary N) is 2. The highest BCUT2D eigenvalue weighted by atomic mass is 16.5. The summed E-state index contributed by atoms with van der Waals surface area (Å²) < 4.78 is 10.9. The summed E-state index contributed by atoms with van der Waals surface area (Å²) in [5.74, 6) is 2.15. The molecule has 1 aromatic heterocycles. The third kappa shape index (κ3) is 5.99. The monoisotopic (exact) mass is 342 g/mol. The summed E-state index contributed by atoms with van der Waals surface area (Å²) in [5.41, 5.74) is 1.92. The van der Waals surface area contributed by atoms with Crippen molar-refractivity contribution in [1.29, 1.82) is 0 Å². The Kier molecular flexibility index (Phi) is 7.56. The van der Waals surface area contributed by atoms with Crippen LogP contribution in [0.2, 0.25) is 0 Å². The first-order valence-electron chi connectivity index (χ1n) is 8.52. The molecule has 0 spiro atoms. The van der Waals surface area contributed by atoms with E-state index in [1.165, 1.54) is 0 Å². The smallest absolute Gasteiger partial charge is 0.195 e. The van der Waals surface area contributed by atoms with Crippen LogP contribution in [0.1, 0.15) is 19.5 Å². The molecule has 25 heavy (non-hydrogen) atoms. The Bertz CT molecular complexity index is 674. The molecule has 0 aliphatic heterocycles. The molecule has 2 aromatic rings. The van der Waals surface area contributed by atoms with E-state index < -0.39 is 0 Å². The molecule has 134 valence electrons. The minimum atomic E-state index is 0.581. The van der Waals surface area contributed by atoms with Crippen LogP contribution in [-0.4, -0.2) is 37.7 Å². The van der Waals surface area contributed by atoms with Gasteiger partial charge < -0.3 is 20.1 Å². The molecule has 1 aromatic carbocycles. The van der Waals surface area contributed by atoms with Crippen molar-refractivity contribution in [3.8, 4) is 11.5 Å². The highest BCUT2D eigenvalue weighted by molar-refractivity contribution is 5.93. The van der Waals surface area contributed by atoms with E-state index in [0.29, 0.717) is 24.7 Å². The van der Waals surface area contributed by atoms with Crippen molar-refractivity contribution in [2.24, 2.45) is 4.99 Å². The van der Waals surface area contributed by atoms with Crippen molar-refractivity contribution in [3.05, 3.63) is 48.3 Å². The van der Waals surface area contributed by atoms with Gasteiger partial charge in [-0.15, -0.1) is 0 Å². The van der Waals surface area contributed by atoms with Crippen molar-refractivity contribution < 1.29 is 9.47 Å². The van der Waals surface area contributed by atoms with Gasteiger partial charge in [0.15, 0.2) is 17.5 Å². The van der Waals surface area contributed by atoms with Crippen LogP contribution in [0.25, 0.3) is 0 Å². The van der Waals surface area contributed by atoms with Gasteiger partial charge in [-0.05, 0) is 38.1 Å². The highest BCUT2D eigenvalue weighted by Crippen LogP contribution is 2.30. The van der Waals surface area contributed by atoms with Gasteiger partial charge in [0.2, 0.25) is 0 Å². The first-order valence-corrected chi connectivity index (χ1v) is 8.52. The zero-order valence-electron chi connectivity index (χ0n) is 15.1. The van der Waals surface area contributed by atoms with Crippen LogP contribution in [0.15, 0.2) is 47.6 Å². The summed E-state index contributed by atoms with van der Waals surface area (Å²) in [4.78, 5) is 8.92. The third-order valence-corrected chi connectivity index (χ3v) is 3.43. The summed E-state index contributed by atoms with van der Waals surface area (Å²) in [6.45, 7) is 6.00. The molecule has 0 atom stereocenters. The van der Waals surface area contributed by atoms with Gasteiger partial charge in [0.25, 0.3) is 0 Å². The summed E-state index contributed by atoms with van der Waals surface area (Å²) in [7, 11) is 1.63. The van der Waals surface area contributed by atoms with Gasteiger partial charge in [0.1, 0.15) is 0 Å². The number of aliphatic imine (C=N–C) groups is 1. The lowest BCUT2D eigenvalue weighted by Crippen LogP contribution is -2.31. The number of hydrogen-bond acceptors (Lipinski definition) is 4. The minimum Gasteiger partial charge on any atom is -0.493 e. The average molecular weight is 342 g/mol. The topological polar surface area (TPSA) is 67.8 Å². The lowest BCUT2D eigenvalue weighted by atomic mass is 10.2. The van der Waals surface area contributed by atoms with Gasteiger partial charge in [-0.1, -0.05) is 6.07 Å². The largest absolute Gasteiger partial charge is 0.493 e. The van der Waals surface area contributed by atoms with Gasteiger partial charge in [-0.2, -0.15) is 0 Å². The molecule has 6 heteroatoms. The molecule has 0 aliphatic carbocycles. The van der Waals surface area contributed by atoms with Crippen molar-refractivity contribution >= 4 is 11.6 Å². The fourth-order valence-electron chi connectivity index (χ4n) is 2.29. The second-order valence-electron chi connectivity index (χ2n) is 5.26. The number of benzene rings is 1. The molecule has 1 heterocycles. The lowest BCUT2D eigenvalue weighted by Gasteiger charge is -2.14. The number of rotatable bonds is 8.